The van der Waals surface area contributed by atoms with E-state index in [1.165, 1.54) is 24.2 Å². The number of benzene rings is 1. The molecule has 1 saturated carbocycles. The molecule has 1 fully saturated rings. The van der Waals surface area contributed by atoms with E-state index in [1.54, 1.807) is 53.7 Å². The highest BCUT2D eigenvalue weighted by Gasteiger charge is 2.33. The number of carbonyl (C=O) groups is 2. The van der Waals surface area contributed by atoms with Gasteiger partial charge in [0.1, 0.15) is 11.5 Å². The van der Waals surface area contributed by atoms with Crippen LogP contribution in [0, 0.1) is 5.92 Å². The van der Waals surface area contributed by atoms with Gasteiger partial charge in [-0.2, -0.15) is 5.10 Å². The van der Waals surface area contributed by atoms with E-state index in [0.717, 1.165) is 29.2 Å². The smallest absolute Gasteiger partial charge is 0.274 e. The highest BCUT2D eigenvalue weighted by Crippen LogP contribution is 2.33. The number of nitrogens with zero attached hydrogens (tertiary/aromatic N) is 5. The molecule has 35 heavy (non-hydrogen) atoms. The molecule has 184 valence electrons. The zero-order valence-electron chi connectivity index (χ0n) is 20.0. The first kappa shape index (κ1) is 23.3. The summed E-state index contributed by atoms with van der Waals surface area (Å²) in [6.07, 6.45) is 3.08. The summed E-state index contributed by atoms with van der Waals surface area (Å²) in [5.74, 6) is 1.71. The predicted molar refractivity (Wildman–Crippen MR) is 130 cm³/mol. The summed E-state index contributed by atoms with van der Waals surface area (Å²) in [5, 5.41) is 6.69. The van der Waals surface area contributed by atoms with E-state index in [1.807, 2.05) is 10.1 Å². The van der Waals surface area contributed by atoms with Crippen molar-refractivity contribution in [2.75, 3.05) is 27.3 Å². The molecular weight excluding hydrogens is 466 g/mol. The molecule has 0 bridgehead atoms. The fourth-order valence-corrected chi connectivity index (χ4v) is 4.84. The van der Waals surface area contributed by atoms with E-state index in [2.05, 4.69) is 4.98 Å². The van der Waals surface area contributed by atoms with Crippen molar-refractivity contribution in [1.29, 1.82) is 0 Å². The minimum atomic E-state index is -0.146. The zero-order chi connectivity index (χ0) is 24.4. The summed E-state index contributed by atoms with van der Waals surface area (Å²) in [6.45, 7) is 2.13. The molecule has 0 unspecified atom stereocenters. The molecule has 5 rings (SSSR count). The molecule has 10 heteroatoms. The van der Waals surface area contributed by atoms with Gasteiger partial charge in [0.05, 0.1) is 24.9 Å². The Morgan fingerprint density at radius 2 is 1.97 bits per heavy atom. The Morgan fingerprint density at radius 1 is 1.20 bits per heavy atom. The number of rotatable bonds is 9. The van der Waals surface area contributed by atoms with Crippen LogP contribution in [0.15, 0.2) is 35.2 Å². The van der Waals surface area contributed by atoms with Crippen molar-refractivity contribution >= 4 is 23.2 Å². The second-order valence-electron chi connectivity index (χ2n) is 9.07. The van der Waals surface area contributed by atoms with Gasteiger partial charge in [-0.25, -0.2) is 4.98 Å². The lowest BCUT2D eigenvalue weighted by Gasteiger charge is -2.28. The second-order valence-corrected chi connectivity index (χ2v) is 9.79. The number of hydrogen-bond acceptors (Lipinski definition) is 7. The Hall–Kier alpha value is -3.40. The lowest BCUT2D eigenvalue weighted by molar-refractivity contribution is -0.134. The minimum Gasteiger partial charge on any atom is -0.497 e. The van der Waals surface area contributed by atoms with E-state index in [0.29, 0.717) is 43.4 Å². The first-order valence-corrected chi connectivity index (χ1v) is 12.7. The number of ether oxygens (including phenoxy) is 2. The maximum Gasteiger partial charge on any atom is 0.274 e. The number of aromatic nitrogens is 3. The van der Waals surface area contributed by atoms with Crippen LogP contribution in [0.25, 0.3) is 0 Å². The monoisotopic (exact) mass is 495 g/mol. The zero-order valence-corrected chi connectivity index (χ0v) is 20.8. The van der Waals surface area contributed by atoms with Crippen molar-refractivity contribution in [2.45, 2.75) is 38.9 Å². The number of amides is 2. The third kappa shape index (κ3) is 5.32. The summed E-state index contributed by atoms with van der Waals surface area (Å²) in [6, 6.07) is 7.14. The SMILES string of the molecule is COc1ccc(OCC(=O)N2CCc3c(c(C(=O)N(C)Cc4cscn4)nn3CC3CC3)C2)cc1. The van der Waals surface area contributed by atoms with Crippen molar-refractivity contribution < 1.29 is 19.1 Å². The molecular formula is C25H29N5O4S. The summed E-state index contributed by atoms with van der Waals surface area (Å²) >= 11 is 1.51. The maximum absolute atomic E-state index is 13.4. The van der Waals surface area contributed by atoms with Gasteiger partial charge < -0.3 is 19.3 Å². The van der Waals surface area contributed by atoms with Crippen molar-refractivity contribution in [2.24, 2.45) is 5.92 Å². The Balaban J connectivity index is 1.30. The molecule has 1 aliphatic carbocycles. The van der Waals surface area contributed by atoms with E-state index in [4.69, 9.17) is 14.6 Å². The summed E-state index contributed by atoms with van der Waals surface area (Å²) in [7, 11) is 3.37. The maximum atomic E-state index is 13.4. The molecule has 9 nitrogen and oxygen atoms in total. The van der Waals surface area contributed by atoms with Crippen molar-refractivity contribution in [3.05, 3.63) is 57.8 Å². The Morgan fingerprint density at radius 3 is 2.66 bits per heavy atom. The lowest BCUT2D eigenvalue weighted by Crippen LogP contribution is -2.40. The topological polar surface area (TPSA) is 89.8 Å². The molecule has 3 heterocycles. The number of fused-ring (bicyclic) bond motifs is 1. The molecule has 0 N–H and O–H groups in total. The molecule has 2 aliphatic rings. The van der Waals surface area contributed by atoms with Crippen LogP contribution < -0.4 is 9.47 Å². The summed E-state index contributed by atoms with van der Waals surface area (Å²) in [4.78, 5) is 34.0. The van der Waals surface area contributed by atoms with Crippen LogP contribution in [0.5, 0.6) is 11.5 Å². The van der Waals surface area contributed by atoms with Crippen LogP contribution in [0.4, 0.5) is 0 Å². The predicted octanol–water partition coefficient (Wildman–Crippen LogP) is 2.99. The van der Waals surface area contributed by atoms with Crippen LogP contribution in [0.2, 0.25) is 0 Å². The third-order valence-corrected chi connectivity index (χ3v) is 7.10. The average Bonchev–Trinajstić information content (AvgIpc) is 3.42. The van der Waals surface area contributed by atoms with Crippen LogP contribution in [-0.4, -0.2) is 63.7 Å². The van der Waals surface area contributed by atoms with Gasteiger partial charge in [0, 0.05) is 49.7 Å². The van der Waals surface area contributed by atoms with Crippen molar-refractivity contribution in [3.8, 4) is 11.5 Å². The van der Waals surface area contributed by atoms with Crippen molar-refractivity contribution in [1.82, 2.24) is 24.6 Å². The quantitative estimate of drug-likeness (QED) is 0.453. The number of methoxy groups -OCH3 is 1. The first-order chi connectivity index (χ1) is 17.0. The number of thiazole rings is 1. The van der Waals surface area contributed by atoms with Gasteiger partial charge in [-0.1, -0.05) is 0 Å². The van der Waals surface area contributed by atoms with E-state index in [9.17, 15) is 9.59 Å². The van der Waals surface area contributed by atoms with Gasteiger partial charge in [0.2, 0.25) is 0 Å². The normalized spacial score (nSPS) is 15.0. The van der Waals surface area contributed by atoms with Gasteiger partial charge in [-0.05, 0) is 43.0 Å². The van der Waals surface area contributed by atoms with Gasteiger partial charge in [0.15, 0.2) is 12.3 Å². The fourth-order valence-electron chi connectivity index (χ4n) is 4.29. The van der Waals surface area contributed by atoms with Crippen LogP contribution in [0.3, 0.4) is 0 Å². The van der Waals surface area contributed by atoms with Gasteiger partial charge >= 0.3 is 0 Å². The van der Waals surface area contributed by atoms with Crippen LogP contribution >= 0.6 is 11.3 Å². The average molecular weight is 496 g/mol. The van der Waals surface area contributed by atoms with Crippen LogP contribution in [-0.2, 0) is 30.8 Å². The van der Waals surface area contributed by atoms with Gasteiger partial charge in [-0.15, -0.1) is 11.3 Å². The largest absolute Gasteiger partial charge is 0.497 e. The molecule has 0 atom stereocenters. The molecule has 0 spiro atoms. The molecule has 2 amide bonds. The lowest BCUT2D eigenvalue weighted by atomic mass is 10.0. The van der Waals surface area contributed by atoms with E-state index in [-0.39, 0.29) is 18.4 Å². The Labute approximate surface area is 208 Å². The van der Waals surface area contributed by atoms with Crippen molar-refractivity contribution in [3.63, 3.8) is 0 Å². The molecule has 3 aromatic rings. The summed E-state index contributed by atoms with van der Waals surface area (Å²) < 4.78 is 12.9. The minimum absolute atomic E-state index is 0.0646. The first-order valence-electron chi connectivity index (χ1n) is 11.8. The summed E-state index contributed by atoms with van der Waals surface area (Å²) in [5.41, 5.74) is 4.97. The Kier molecular flexibility index (Phi) is 6.72. The van der Waals surface area contributed by atoms with Gasteiger partial charge in [0.25, 0.3) is 11.8 Å². The third-order valence-electron chi connectivity index (χ3n) is 6.47. The number of carbonyl (C=O) groups excluding carboxylic acids is 2. The van der Waals surface area contributed by atoms with E-state index < -0.39 is 0 Å². The molecule has 1 aromatic carbocycles. The van der Waals surface area contributed by atoms with E-state index >= 15 is 0 Å². The highest BCUT2D eigenvalue weighted by molar-refractivity contribution is 7.07. The molecule has 0 saturated heterocycles. The molecule has 2 aromatic heterocycles. The number of hydrogen-bond donors (Lipinski definition) is 0. The Bertz CT molecular complexity index is 1190. The standard InChI is InChI=1S/C25H29N5O4S/c1-28(12-18-15-35-16-26-18)25(32)24-21-13-29(10-9-22(21)30(27-24)11-17-3-4-17)23(31)14-34-20-7-5-19(33-2)6-8-20/h5-8,15-17H,3-4,9-14H2,1-2H3. The molecule has 0 radical (unpaired) electrons. The second kappa shape index (κ2) is 10.1. The molecule has 1 aliphatic heterocycles. The van der Waals surface area contributed by atoms with Gasteiger partial charge in [-0.3, -0.25) is 14.3 Å². The highest BCUT2D eigenvalue weighted by atomic mass is 32.1. The van der Waals surface area contributed by atoms with Crippen LogP contribution in [0.1, 0.15) is 40.3 Å². The fraction of sp³-hybridized carbons (Fsp3) is 0.440.